The van der Waals surface area contributed by atoms with Crippen LogP contribution in [0.25, 0.3) is 6.08 Å². The highest BCUT2D eigenvalue weighted by molar-refractivity contribution is 8.18. The predicted molar refractivity (Wildman–Crippen MR) is 100 cm³/mol. The van der Waals surface area contributed by atoms with Gasteiger partial charge in [-0.25, -0.2) is 9.18 Å². The fourth-order valence-electron chi connectivity index (χ4n) is 2.36. The molecule has 0 atom stereocenters. The first-order valence-electron chi connectivity index (χ1n) is 7.91. The molecule has 1 fully saturated rings. The maximum absolute atomic E-state index is 13.0. The van der Waals surface area contributed by atoms with Gasteiger partial charge in [-0.1, -0.05) is 12.1 Å². The summed E-state index contributed by atoms with van der Waals surface area (Å²) in [6.07, 6.45) is 1.55. The molecule has 0 unspecified atom stereocenters. The van der Waals surface area contributed by atoms with Crippen LogP contribution in [0.3, 0.4) is 0 Å². The zero-order chi connectivity index (χ0) is 19.4. The quantitative estimate of drug-likeness (QED) is 0.624. The van der Waals surface area contributed by atoms with Gasteiger partial charge in [-0.15, -0.1) is 0 Å². The standard InChI is InChI=1S/C19H15FN2O4S/c1-26-18(24)13-4-8-15(9-5-13)21-11-22-17(23)16(27-19(22)25)10-12-2-6-14(20)7-3-12/h2-10,21H,11H2,1H3. The van der Waals surface area contributed by atoms with Crippen molar-refractivity contribution in [1.82, 2.24) is 4.90 Å². The summed E-state index contributed by atoms with van der Waals surface area (Å²) in [6.45, 7) is -0.0109. The van der Waals surface area contributed by atoms with Gasteiger partial charge in [0.2, 0.25) is 0 Å². The van der Waals surface area contributed by atoms with Crippen molar-refractivity contribution in [3.8, 4) is 0 Å². The van der Waals surface area contributed by atoms with E-state index in [0.29, 0.717) is 16.8 Å². The number of carbonyl (C=O) groups is 3. The number of nitrogens with one attached hydrogen (secondary N) is 1. The van der Waals surface area contributed by atoms with Crippen LogP contribution < -0.4 is 5.32 Å². The van der Waals surface area contributed by atoms with Crippen molar-refractivity contribution in [3.05, 3.63) is 70.4 Å². The average Bonchev–Trinajstić information content (AvgIpc) is 2.94. The average molecular weight is 386 g/mol. The van der Waals surface area contributed by atoms with Crippen LogP contribution in [0.4, 0.5) is 14.9 Å². The highest BCUT2D eigenvalue weighted by Gasteiger charge is 2.34. The second kappa shape index (κ2) is 8.05. The molecule has 1 heterocycles. The number of amides is 2. The maximum atomic E-state index is 13.0. The van der Waals surface area contributed by atoms with E-state index < -0.39 is 17.1 Å². The monoisotopic (exact) mass is 386 g/mol. The van der Waals surface area contributed by atoms with Crippen LogP contribution in [0.1, 0.15) is 15.9 Å². The Bertz CT molecular complexity index is 910. The number of esters is 1. The second-order valence-electron chi connectivity index (χ2n) is 5.57. The number of hydrogen-bond donors (Lipinski definition) is 1. The van der Waals surface area contributed by atoms with Gasteiger partial charge in [0.15, 0.2) is 0 Å². The molecule has 0 spiro atoms. The van der Waals surface area contributed by atoms with Gasteiger partial charge >= 0.3 is 5.97 Å². The molecule has 2 aromatic carbocycles. The molecular formula is C19H15FN2O4S. The van der Waals surface area contributed by atoms with Crippen molar-refractivity contribution in [3.63, 3.8) is 0 Å². The number of nitrogens with zero attached hydrogens (tertiary/aromatic N) is 1. The van der Waals surface area contributed by atoms with Crippen LogP contribution in [0.2, 0.25) is 0 Å². The lowest BCUT2D eigenvalue weighted by Gasteiger charge is -2.14. The molecule has 138 valence electrons. The van der Waals surface area contributed by atoms with Crippen molar-refractivity contribution in [2.24, 2.45) is 0 Å². The molecule has 1 N–H and O–H groups in total. The minimum atomic E-state index is -0.446. The predicted octanol–water partition coefficient (Wildman–Crippen LogP) is 3.72. The van der Waals surface area contributed by atoms with Crippen molar-refractivity contribution >= 4 is 40.6 Å². The number of benzene rings is 2. The smallest absolute Gasteiger partial charge is 0.337 e. The largest absolute Gasteiger partial charge is 0.465 e. The molecule has 2 aromatic rings. The molecule has 0 aromatic heterocycles. The summed E-state index contributed by atoms with van der Waals surface area (Å²) in [5.41, 5.74) is 1.67. The van der Waals surface area contributed by atoms with E-state index in [1.165, 1.54) is 31.4 Å². The second-order valence-corrected chi connectivity index (χ2v) is 6.56. The highest BCUT2D eigenvalue weighted by Crippen LogP contribution is 2.32. The van der Waals surface area contributed by atoms with Crippen LogP contribution in [0.5, 0.6) is 0 Å². The van der Waals surface area contributed by atoms with E-state index in [4.69, 9.17) is 0 Å². The van der Waals surface area contributed by atoms with Gasteiger partial charge in [0.1, 0.15) is 5.82 Å². The van der Waals surface area contributed by atoms with E-state index in [1.54, 1.807) is 30.3 Å². The fraction of sp³-hybridized carbons (Fsp3) is 0.105. The molecular weight excluding hydrogens is 371 g/mol. The minimum absolute atomic E-state index is 0.0109. The number of hydrogen-bond acceptors (Lipinski definition) is 6. The van der Waals surface area contributed by atoms with Crippen LogP contribution in [-0.4, -0.2) is 35.8 Å². The zero-order valence-electron chi connectivity index (χ0n) is 14.3. The Morgan fingerprint density at radius 1 is 1.15 bits per heavy atom. The molecule has 0 radical (unpaired) electrons. The van der Waals surface area contributed by atoms with E-state index in [1.807, 2.05) is 0 Å². The van der Waals surface area contributed by atoms with Gasteiger partial charge in [0.25, 0.3) is 11.1 Å². The molecule has 27 heavy (non-hydrogen) atoms. The van der Waals surface area contributed by atoms with E-state index >= 15 is 0 Å². The Morgan fingerprint density at radius 2 is 1.81 bits per heavy atom. The third-order valence-electron chi connectivity index (χ3n) is 3.79. The van der Waals surface area contributed by atoms with E-state index in [2.05, 4.69) is 10.1 Å². The Morgan fingerprint density at radius 3 is 2.44 bits per heavy atom. The third kappa shape index (κ3) is 4.35. The van der Waals surface area contributed by atoms with Gasteiger partial charge in [0, 0.05) is 5.69 Å². The number of rotatable bonds is 5. The van der Waals surface area contributed by atoms with E-state index in [0.717, 1.165) is 16.7 Å². The summed E-state index contributed by atoms with van der Waals surface area (Å²) in [6, 6.07) is 12.1. The molecule has 3 rings (SSSR count). The summed E-state index contributed by atoms with van der Waals surface area (Å²) >= 11 is 0.829. The zero-order valence-corrected chi connectivity index (χ0v) is 15.1. The molecule has 1 aliphatic heterocycles. The molecule has 6 nitrogen and oxygen atoms in total. The molecule has 8 heteroatoms. The summed E-state index contributed by atoms with van der Waals surface area (Å²) in [7, 11) is 1.30. The Kier molecular flexibility index (Phi) is 5.56. The molecule has 0 bridgehead atoms. The van der Waals surface area contributed by atoms with Crippen LogP contribution in [0, 0.1) is 5.82 Å². The highest BCUT2D eigenvalue weighted by atomic mass is 32.2. The van der Waals surface area contributed by atoms with Gasteiger partial charge in [0.05, 0.1) is 24.2 Å². The van der Waals surface area contributed by atoms with Crippen molar-refractivity contribution in [1.29, 1.82) is 0 Å². The summed E-state index contributed by atoms with van der Waals surface area (Å²) in [5, 5.41) is 2.57. The lowest BCUT2D eigenvalue weighted by molar-refractivity contribution is -0.122. The van der Waals surface area contributed by atoms with Gasteiger partial charge in [-0.3, -0.25) is 14.5 Å². The molecule has 0 aliphatic carbocycles. The number of ether oxygens (including phenoxy) is 1. The Balaban J connectivity index is 1.65. The topological polar surface area (TPSA) is 75.7 Å². The first kappa shape index (κ1) is 18.7. The van der Waals surface area contributed by atoms with Crippen molar-refractivity contribution in [2.45, 2.75) is 0 Å². The normalized spacial score (nSPS) is 15.3. The van der Waals surface area contributed by atoms with Gasteiger partial charge in [-0.05, 0) is 59.8 Å². The summed E-state index contributed by atoms with van der Waals surface area (Å²) < 4.78 is 17.6. The molecule has 1 aliphatic rings. The SMILES string of the molecule is COC(=O)c1ccc(NCN2C(=O)SC(=Cc3ccc(F)cc3)C2=O)cc1. The number of imide groups is 1. The Labute approximate surface area is 159 Å². The van der Waals surface area contributed by atoms with Crippen molar-refractivity contribution in [2.75, 3.05) is 19.1 Å². The number of thioether (sulfide) groups is 1. The molecule has 2 amide bonds. The lowest BCUT2D eigenvalue weighted by atomic mass is 10.2. The molecule has 1 saturated heterocycles. The number of carbonyl (C=O) groups excluding carboxylic acids is 3. The summed E-state index contributed by atoms with van der Waals surface area (Å²) in [5.74, 6) is -1.24. The van der Waals surface area contributed by atoms with Crippen LogP contribution in [0.15, 0.2) is 53.4 Å². The Hall–Kier alpha value is -3.13. The summed E-state index contributed by atoms with van der Waals surface area (Å²) in [4.78, 5) is 37.3. The third-order valence-corrected chi connectivity index (χ3v) is 4.70. The van der Waals surface area contributed by atoms with E-state index in [9.17, 15) is 18.8 Å². The van der Waals surface area contributed by atoms with Crippen LogP contribution >= 0.6 is 11.8 Å². The fourth-order valence-corrected chi connectivity index (χ4v) is 3.20. The maximum Gasteiger partial charge on any atom is 0.337 e. The minimum Gasteiger partial charge on any atom is -0.465 e. The van der Waals surface area contributed by atoms with E-state index in [-0.39, 0.29) is 17.4 Å². The van der Waals surface area contributed by atoms with Gasteiger partial charge < -0.3 is 10.1 Å². The number of anilines is 1. The number of methoxy groups -OCH3 is 1. The lowest BCUT2D eigenvalue weighted by Crippen LogP contribution is -2.33. The van der Waals surface area contributed by atoms with Gasteiger partial charge in [-0.2, -0.15) is 0 Å². The first-order chi connectivity index (χ1) is 13.0. The van der Waals surface area contributed by atoms with Crippen LogP contribution in [-0.2, 0) is 9.53 Å². The molecule has 0 saturated carbocycles. The van der Waals surface area contributed by atoms with Crippen molar-refractivity contribution < 1.29 is 23.5 Å². The first-order valence-corrected chi connectivity index (χ1v) is 8.73. The number of halogens is 1.